The van der Waals surface area contributed by atoms with E-state index in [0.717, 1.165) is 50.1 Å². The third kappa shape index (κ3) is 7.68. The maximum absolute atomic E-state index is 13.7. The number of phenols is 2. The normalized spacial score (nSPS) is 11.7. The van der Waals surface area contributed by atoms with Crippen LogP contribution in [-0.4, -0.2) is 10.2 Å². The molecule has 0 fully saturated rings. The summed E-state index contributed by atoms with van der Waals surface area (Å²) in [7, 11) is 3.81. The average Bonchev–Trinajstić information content (AvgIpc) is 3.01. The Kier molecular flexibility index (Phi) is 12.7. The second-order valence-electron chi connectivity index (χ2n) is 11.6. The van der Waals surface area contributed by atoms with E-state index >= 15 is 0 Å². The van der Waals surface area contributed by atoms with Gasteiger partial charge in [0.1, 0.15) is 11.5 Å². The molecule has 0 spiro atoms. The molecule has 1 radical (unpaired) electrons. The van der Waals surface area contributed by atoms with Crippen LogP contribution in [0, 0.1) is 27.9 Å². The molecule has 4 nitrogen and oxygen atoms in total. The molecule has 0 atom stereocenters. The largest absolute Gasteiger partial charge is 0.872 e. The minimum atomic E-state index is -0.0527. The molecule has 5 heteroatoms. The zero-order chi connectivity index (χ0) is 31.5. The van der Waals surface area contributed by atoms with Crippen molar-refractivity contribution in [1.82, 2.24) is 0 Å². The van der Waals surface area contributed by atoms with Gasteiger partial charge in [0.15, 0.2) is 0 Å². The molecule has 8 bridgehead atoms. The minimum Gasteiger partial charge on any atom is -0.872 e. The third-order valence-corrected chi connectivity index (χ3v) is 8.23. The van der Waals surface area contributed by atoms with Crippen LogP contribution < -0.4 is 9.84 Å². The van der Waals surface area contributed by atoms with E-state index in [1.807, 2.05) is 89.2 Å². The average molecular weight is 690 g/mol. The first-order valence-electron chi connectivity index (χ1n) is 15.3. The zero-order valence-corrected chi connectivity index (χ0v) is 29.7. The molecule has 6 rings (SSSR count). The summed E-state index contributed by atoms with van der Waals surface area (Å²) in [5, 5.41) is 36.8. The Morgan fingerprint density at radius 2 is 0.913 bits per heavy atom. The number of hydrogen-bond acceptors (Lipinski definition) is 4. The SMILES string of the molecule is C.CC.[CH2-]Oc1c2cc(-c3ccccc3)cc1Cc1cc(C)cc(c1O)Cc1cc(C)cc(c1[O-])Cc1cc(C)cc(c1O)C2.[Y]. The van der Waals surface area contributed by atoms with E-state index in [0.29, 0.717) is 53.7 Å². The molecule has 5 aromatic carbocycles. The van der Waals surface area contributed by atoms with E-state index in [9.17, 15) is 15.3 Å². The smallest absolute Gasteiger partial charge is 0.122 e. The summed E-state index contributed by atoms with van der Waals surface area (Å²) in [6.07, 6.45) is 1.45. The Labute approximate surface area is 300 Å². The summed E-state index contributed by atoms with van der Waals surface area (Å²) in [6.45, 7) is 9.99. The number of aromatic hydroxyl groups is 2. The minimum absolute atomic E-state index is 0. The van der Waals surface area contributed by atoms with Gasteiger partial charge in [-0.25, -0.2) is 0 Å². The molecule has 0 heterocycles. The van der Waals surface area contributed by atoms with Gasteiger partial charge in [-0.1, -0.05) is 116 Å². The quantitative estimate of drug-likeness (QED) is 0.178. The summed E-state index contributed by atoms with van der Waals surface area (Å²) in [6, 6.07) is 26.0. The van der Waals surface area contributed by atoms with Gasteiger partial charge in [0.2, 0.25) is 0 Å². The standard InChI is InChI=1S/C38H35O4.C2H6.CH4.Y/c1-22-10-27-18-29-12-23(2)14-31(36(29)40)20-33-16-26(25-8-6-5-7-9-25)17-34(38(33)42-4)21-32-15-24(3)13-30(37(32)41)19-28(11-22)35(27)39;1-2;;/h5-17,39-41H,4,18-21H2,1-3H3;1-2H3;1H4;/q-1;;;/p-1. The number of phenolic OH excluding ortho intramolecular Hbond substituents is 2. The molecule has 0 saturated carbocycles. The Bertz CT molecular complexity index is 1720. The van der Waals surface area contributed by atoms with Gasteiger partial charge < -0.3 is 20.1 Å². The molecule has 46 heavy (non-hydrogen) atoms. The molecule has 0 amide bonds. The second-order valence-corrected chi connectivity index (χ2v) is 11.6. The number of aryl methyl sites for hydroxylation is 3. The van der Waals surface area contributed by atoms with E-state index in [2.05, 4.69) is 31.4 Å². The van der Waals surface area contributed by atoms with Gasteiger partial charge in [0.05, 0.1) is 5.75 Å². The third-order valence-electron chi connectivity index (χ3n) is 8.23. The van der Waals surface area contributed by atoms with Crippen molar-refractivity contribution >= 4 is 0 Å². The van der Waals surface area contributed by atoms with Crippen molar-refractivity contribution in [2.24, 2.45) is 0 Å². The van der Waals surface area contributed by atoms with Crippen LogP contribution in [0.3, 0.4) is 0 Å². The van der Waals surface area contributed by atoms with Crippen molar-refractivity contribution < 1.29 is 52.8 Å². The van der Waals surface area contributed by atoms with Gasteiger partial charge in [0.25, 0.3) is 0 Å². The molecule has 237 valence electrons. The summed E-state index contributed by atoms with van der Waals surface area (Å²) >= 11 is 0. The van der Waals surface area contributed by atoms with Crippen molar-refractivity contribution in [3.05, 3.63) is 147 Å². The fraction of sp³-hybridized carbons (Fsp3) is 0.244. The van der Waals surface area contributed by atoms with Crippen molar-refractivity contribution in [1.29, 1.82) is 0 Å². The first-order chi connectivity index (χ1) is 21.2. The van der Waals surface area contributed by atoms with Crippen LogP contribution in [-0.2, 0) is 58.4 Å². The fourth-order valence-corrected chi connectivity index (χ4v) is 6.42. The number of benzene rings is 5. The summed E-state index contributed by atoms with van der Waals surface area (Å²) in [5.74, 6) is 0.961. The molecule has 1 aliphatic rings. The molecule has 0 saturated heterocycles. The maximum atomic E-state index is 13.7. The molecule has 5 aromatic rings. The molecule has 0 aliphatic heterocycles. The monoisotopic (exact) mass is 689 g/mol. The van der Waals surface area contributed by atoms with Crippen LogP contribution in [0.25, 0.3) is 11.1 Å². The fourth-order valence-electron chi connectivity index (χ4n) is 6.42. The first kappa shape index (κ1) is 36.9. The molecule has 1 aliphatic carbocycles. The van der Waals surface area contributed by atoms with Crippen LogP contribution in [0.5, 0.6) is 23.0 Å². The van der Waals surface area contributed by atoms with E-state index < -0.39 is 0 Å². The van der Waals surface area contributed by atoms with Crippen molar-refractivity contribution in [3.63, 3.8) is 0 Å². The predicted molar refractivity (Wildman–Crippen MR) is 183 cm³/mol. The zero-order valence-electron chi connectivity index (χ0n) is 26.8. The van der Waals surface area contributed by atoms with Crippen LogP contribution in [0.1, 0.15) is 82.5 Å². The number of rotatable bonds is 2. The van der Waals surface area contributed by atoms with Crippen LogP contribution in [0.2, 0.25) is 0 Å². The van der Waals surface area contributed by atoms with E-state index in [1.165, 1.54) is 0 Å². The molecular weight excluding hydrogens is 645 g/mol. The van der Waals surface area contributed by atoms with E-state index in [1.54, 1.807) is 0 Å². The Morgan fingerprint density at radius 1 is 0.565 bits per heavy atom. The number of hydrogen-bond donors (Lipinski definition) is 2. The molecule has 0 aromatic heterocycles. The van der Waals surface area contributed by atoms with E-state index in [4.69, 9.17) is 4.74 Å². The Balaban J connectivity index is 0.00000141. The van der Waals surface area contributed by atoms with Gasteiger partial charge in [-0.3, -0.25) is 0 Å². The summed E-state index contributed by atoms with van der Waals surface area (Å²) in [5.41, 5.74) is 11.0. The Morgan fingerprint density at radius 3 is 1.28 bits per heavy atom. The van der Waals surface area contributed by atoms with Crippen LogP contribution in [0.15, 0.2) is 78.9 Å². The summed E-state index contributed by atoms with van der Waals surface area (Å²) in [4.78, 5) is 0. The molecule has 2 N–H and O–H groups in total. The van der Waals surface area contributed by atoms with Gasteiger partial charge in [0, 0.05) is 58.4 Å². The van der Waals surface area contributed by atoms with Crippen LogP contribution >= 0.6 is 0 Å². The Hall–Kier alpha value is -3.60. The van der Waals surface area contributed by atoms with Gasteiger partial charge in [-0.2, -0.15) is 7.11 Å². The predicted octanol–water partition coefficient (Wildman–Crippen LogP) is 9.27. The van der Waals surface area contributed by atoms with Crippen molar-refractivity contribution in [2.75, 3.05) is 0 Å². The molecule has 0 unspecified atom stereocenters. The second kappa shape index (κ2) is 15.8. The van der Waals surface area contributed by atoms with E-state index in [-0.39, 0.29) is 57.4 Å². The topological polar surface area (TPSA) is 72.8 Å². The van der Waals surface area contributed by atoms with Crippen molar-refractivity contribution in [2.45, 2.75) is 67.7 Å². The first-order valence-corrected chi connectivity index (χ1v) is 15.3. The van der Waals surface area contributed by atoms with Gasteiger partial charge >= 0.3 is 0 Å². The van der Waals surface area contributed by atoms with Gasteiger partial charge in [-0.05, 0) is 77.4 Å². The number of ether oxygens (including phenoxy) is 1. The molecular formula is C41H44O4Y-2. The van der Waals surface area contributed by atoms with Gasteiger partial charge in [-0.15, -0.1) is 5.75 Å². The number of fused-ring (bicyclic) bond motifs is 8. The van der Waals surface area contributed by atoms with Crippen LogP contribution in [0.4, 0.5) is 0 Å². The summed E-state index contributed by atoms with van der Waals surface area (Å²) < 4.78 is 5.81. The van der Waals surface area contributed by atoms with Crippen molar-refractivity contribution in [3.8, 4) is 34.1 Å². The maximum Gasteiger partial charge on any atom is 0.122 e.